The second kappa shape index (κ2) is 8.02. The molecule has 2 aliphatic rings. The third-order valence-corrected chi connectivity index (χ3v) is 4.00. The zero-order chi connectivity index (χ0) is 18.6. The highest BCUT2D eigenvalue weighted by atomic mass is 19.1. The molecule has 7 heteroatoms. The van der Waals surface area contributed by atoms with Gasteiger partial charge in [0.05, 0.1) is 19.6 Å². The number of nitrogens with zero attached hydrogens (tertiary/aromatic N) is 1. The maximum atomic E-state index is 13.1. The zero-order valence-electron chi connectivity index (χ0n) is 14.4. The van der Waals surface area contributed by atoms with Crippen molar-refractivity contribution in [3.63, 3.8) is 0 Å². The third kappa shape index (κ3) is 4.30. The number of nitrogens with one attached hydrogen (secondary N) is 1. The lowest BCUT2D eigenvalue weighted by Crippen LogP contribution is -3.11. The number of phenols is 1. The van der Waals surface area contributed by atoms with E-state index in [0.717, 1.165) is 24.3 Å². The summed E-state index contributed by atoms with van der Waals surface area (Å²) >= 11 is 0. The summed E-state index contributed by atoms with van der Waals surface area (Å²) in [5.41, 5.74) is -0.494. The van der Waals surface area contributed by atoms with Crippen molar-refractivity contribution in [2.45, 2.75) is 20.8 Å². The van der Waals surface area contributed by atoms with E-state index in [9.17, 15) is 18.7 Å². The first-order valence-electron chi connectivity index (χ1n) is 8.15. The quantitative estimate of drug-likeness (QED) is 0.710. The first kappa shape index (κ1) is 18.8. The van der Waals surface area contributed by atoms with E-state index < -0.39 is 22.8 Å². The molecule has 0 fully saturated rings. The Morgan fingerprint density at radius 1 is 1.04 bits per heavy atom. The standard InChI is InChI=1S/C12H5F2NO3.C6H15N/c13-5-1-7-11(3-9(5)16)18-12-4-10(17)6(14)2-8(12)15-7;1-4-7(5-2)6-3/h1-4,16H;4-6H2,1-3H3/p+1. The number of rotatable bonds is 3. The van der Waals surface area contributed by atoms with Crippen LogP contribution in [0.1, 0.15) is 20.8 Å². The fourth-order valence-corrected chi connectivity index (χ4v) is 2.39. The molecule has 0 radical (unpaired) electrons. The average Bonchev–Trinajstić information content (AvgIpc) is 2.58. The third-order valence-electron chi connectivity index (χ3n) is 4.00. The van der Waals surface area contributed by atoms with Gasteiger partial charge in [0.25, 0.3) is 0 Å². The monoisotopic (exact) mass is 351 g/mol. The van der Waals surface area contributed by atoms with Crippen LogP contribution in [0.5, 0.6) is 5.75 Å². The number of quaternary nitrogens is 1. The summed E-state index contributed by atoms with van der Waals surface area (Å²) in [6.07, 6.45) is 0. The van der Waals surface area contributed by atoms with Crippen molar-refractivity contribution in [3.8, 4) is 17.2 Å². The largest absolute Gasteiger partial charge is 0.505 e. The molecule has 0 aromatic heterocycles. The summed E-state index contributed by atoms with van der Waals surface area (Å²) in [5.74, 6) is -2.33. The number of fused-ring (bicyclic) bond motifs is 2. The van der Waals surface area contributed by atoms with Crippen LogP contribution in [-0.2, 0) is 0 Å². The number of benzene rings is 2. The summed E-state index contributed by atoms with van der Waals surface area (Å²) in [6.45, 7) is 10.5. The molecule has 0 amide bonds. The van der Waals surface area contributed by atoms with Gasteiger partial charge in [-0.3, -0.25) is 4.79 Å². The minimum Gasteiger partial charge on any atom is -0.505 e. The number of hydrogen-bond acceptors (Lipinski definition) is 4. The molecule has 3 rings (SSSR count). The van der Waals surface area contributed by atoms with Gasteiger partial charge in [0.15, 0.2) is 28.7 Å². The van der Waals surface area contributed by atoms with Gasteiger partial charge in [-0.2, -0.15) is 0 Å². The normalized spacial score (nSPS) is 11.0. The Hall–Kier alpha value is -2.54. The van der Waals surface area contributed by atoms with E-state index in [0.29, 0.717) is 0 Å². The smallest absolute Gasteiger partial charge is 0.218 e. The molecule has 0 unspecified atom stereocenters. The maximum absolute atomic E-state index is 13.1. The van der Waals surface area contributed by atoms with Crippen LogP contribution in [0, 0.1) is 11.6 Å². The molecule has 0 saturated carbocycles. The number of aromatic hydroxyl groups is 1. The van der Waals surface area contributed by atoms with Crippen LogP contribution in [0.2, 0.25) is 0 Å². The number of phenolic OH excluding ortho intramolecular Hbond substituents is 1. The highest BCUT2D eigenvalue weighted by Gasteiger charge is 2.14. The first-order chi connectivity index (χ1) is 11.9. The lowest BCUT2D eigenvalue weighted by Gasteiger charge is -2.10. The van der Waals surface area contributed by atoms with Crippen molar-refractivity contribution < 1.29 is 23.2 Å². The molecule has 1 heterocycles. The van der Waals surface area contributed by atoms with Gasteiger partial charge in [-0.25, -0.2) is 13.8 Å². The number of hydrogen-bond donors (Lipinski definition) is 2. The van der Waals surface area contributed by atoms with Crippen LogP contribution in [0.4, 0.5) is 8.78 Å². The summed E-state index contributed by atoms with van der Waals surface area (Å²) in [6, 6.07) is 3.89. The summed E-state index contributed by atoms with van der Waals surface area (Å²) in [7, 11) is 0. The predicted molar refractivity (Wildman–Crippen MR) is 91.1 cm³/mol. The molecule has 0 saturated heterocycles. The summed E-state index contributed by atoms with van der Waals surface area (Å²) in [5, 5.41) is 9.20. The number of halogens is 2. The molecule has 0 atom stereocenters. The topological polar surface area (TPSA) is 67.8 Å². The fourth-order valence-electron chi connectivity index (χ4n) is 2.39. The highest BCUT2D eigenvalue weighted by molar-refractivity contribution is 5.77. The minimum absolute atomic E-state index is 0.0694. The first-order valence-corrected chi connectivity index (χ1v) is 8.15. The van der Waals surface area contributed by atoms with E-state index >= 15 is 0 Å². The maximum Gasteiger partial charge on any atom is 0.218 e. The Kier molecular flexibility index (Phi) is 6.03. The Balaban J connectivity index is 0.000000277. The van der Waals surface area contributed by atoms with Gasteiger partial charge in [-0.05, 0) is 20.8 Å². The van der Waals surface area contributed by atoms with E-state index in [4.69, 9.17) is 4.42 Å². The minimum atomic E-state index is -0.955. The van der Waals surface area contributed by atoms with Gasteiger partial charge in [0, 0.05) is 24.3 Å². The molecule has 0 bridgehead atoms. The predicted octanol–water partition coefficient (Wildman–Crippen LogP) is 2.21. The van der Waals surface area contributed by atoms with Crippen LogP contribution < -0.4 is 10.3 Å². The Bertz CT molecular complexity index is 886. The second-order valence-corrected chi connectivity index (χ2v) is 5.55. The van der Waals surface area contributed by atoms with Crippen molar-refractivity contribution >= 4 is 11.1 Å². The molecule has 25 heavy (non-hydrogen) atoms. The molecule has 2 N–H and O–H groups in total. The van der Waals surface area contributed by atoms with Crippen molar-refractivity contribution in [1.82, 2.24) is 4.98 Å². The van der Waals surface area contributed by atoms with E-state index in [2.05, 4.69) is 25.8 Å². The second-order valence-electron chi connectivity index (χ2n) is 5.55. The van der Waals surface area contributed by atoms with Crippen LogP contribution in [0.25, 0.3) is 22.6 Å². The van der Waals surface area contributed by atoms with Gasteiger partial charge < -0.3 is 14.4 Å². The van der Waals surface area contributed by atoms with E-state index in [1.54, 1.807) is 4.90 Å². The molecule has 1 aliphatic heterocycles. The van der Waals surface area contributed by atoms with Gasteiger partial charge in [0.1, 0.15) is 11.2 Å². The Morgan fingerprint density at radius 2 is 1.68 bits per heavy atom. The van der Waals surface area contributed by atoms with Gasteiger partial charge in [-0.1, -0.05) is 0 Å². The van der Waals surface area contributed by atoms with E-state index in [1.807, 2.05) is 0 Å². The van der Waals surface area contributed by atoms with Crippen molar-refractivity contribution in [3.05, 3.63) is 46.1 Å². The lowest BCUT2D eigenvalue weighted by molar-refractivity contribution is -0.894. The lowest BCUT2D eigenvalue weighted by atomic mass is 10.2. The Labute approximate surface area is 143 Å². The molecular weight excluding hydrogens is 330 g/mol. The molecule has 0 spiro atoms. The van der Waals surface area contributed by atoms with Crippen molar-refractivity contribution in [2.75, 3.05) is 19.6 Å². The molecule has 1 aliphatic carbocycles. The van der Waals surface area contributed by atoms with Crippen LogP contribution in [0.15, 0.2) is 33.5 Å². The van der Waals surface area contributed by atoms with Crippen molar-refractivity contribution in [2.24, 2.45) is 0 Å². The molecule has 5 nitrogen and oxygen atoms in total. The summed E-state index contributed by atoms with van der Waals surface area (Å²) < 4.78 is 31.5. The Morgan fingerprint density at radius 3 is 2.24 bits per heavy atom. The van der Waals surface area contributed by atoms with E-state index in [-0.39, 0.29) is 22.6 Å². The zero-order valence-corrected chi connectivity index (χ0v) is 14.4. The molecule has 1 aromatic carbocycles. The summed E-state index contributed by atoms with van der Waals surface area (Å²) in [4.78, 5) is 16.8. The van der Waals surface area contributed by atoms with Crippen molar-refractivity contribution in [1.29, 1.82) is 0 Å². The van der Waals surface area contributed by atoms with Crippen LogP contribution >= 0.6 is 0 Å². The molecule has 1 aromatic rings. The molecular formula is C18H21F2N2O3+. The SMILES string of the molecule is CC[NH+](CC)CC.O=c1cc2oc3cc(O)c(F)cc3nc-2cc1F. The van der Waals surface area contributed by atoms with Gasteiger partial charge in [0.2, 0.25) is 5.43 Å². The van der Waals surface area contributed by atoms with Gasteiger partial charge in [-0.15, -0.1) is 0 Å². The average molecular weight is 351 g/mol. The molecule has 134 valence electrons. The van der Waals surface area contributed by atoms with Gasteiger partial charge >= 0.3 is 0 Å². The van der Waals surface area contributed by atoms with Crippen LogP contribution in [-0.4, -0.2) is 29.7 Å². The highest BCUT2D eigenvalue weighted by Crippen LogP contribution is 2.28. The number of aromatic nitrogens is 1. The van der Waals surface area contributed by atoms with E-state index in [1.165, 1.54) is 19.6 Å². The van der Waals surface area contributed by atoms with Crippen LogP contribution in [0.3, 0.4) is 0 Å². The fraction of sp³-hybridized carbons (Fsp3) is 0.333.